The van der Waals surface area contributed by atoms with Gasteiger partial charge in [-0.1, -0.05) is 12.1 Å². The van der Waals surface area contributed by atoms with Gasteiger partial charge in [-0.15, -0.1) is 0 Å². The van der Waals surface area contributed by atoms with E-state index < -0.39 is 0 Å². The topological polar surface area (TPSA) is 76.0 Å². The van der Waals surface area contributed by atoms with E-state index in [4.69, 9.17) is 0 Å². The first kappa shape index (κ1) is 17.2. The van der Waals surface area contributed by atoms with E-state index in [1.165, 1.54) is 0 Å². The molecule has 0 radical (unpaired) electrons. The summed E-state index contributed by atoms with van der Waals surface area (Å²) >= 11 is 3.36. The highest BCUT2D eigenvalue weighted by Gasteiger charge is 2.14. The molecule has 2 amide bonds. The Morgan fingerprint density at radius 3 is 2.52 bits per heavy atom. The highest BCUT2D eigenvalue weighted by molar-refractivity contribution is 9.10. The van der Waals surface area contributed by atoms with Crippen LogP contribution in [0.15, 0.2) is 28.7 Å². The summed E-state index contributed by atoms with van der Waals surface area (Å²) in [5, 5.41) is 9.65. The fourth-order valence-corrected chi connectivity index (χ4v) is 2.62. The average Bonchev–Trinajstić information content (AvgIpc) is 2.74. The van der Waals surface area contributed by atoms with Crippen LogP contribution in [0.3, 0.4) is 0 Å². The minimum atomic E-state index is -0.273. The largest absolute Gasteiger partial charge is 0.347 e. The molecule has 2 N–H and O–H groups in total. The van der Waals surface area contributed by atoms with Crippen molar-refractivity contribution in [2.75, 3.05) is 11.9 Å². The summed E-state index contributed by atoms with van der Waals surface area (Å²) < 4.78 is 2.54. The van der Waals surface area contributed by atoms with Crippen LogP contribution in [0.2, 0.25) is 0 Å². The number of nitrogens with one attached hydrogen (secondary N) is 2. The Hall–Kier alpha value is -2.15. The molecule has 0 bridgehead atoms. The molecule has 0 aliphatic rings. The SMILES string of the molecule is Cc1nn(C)c(C)c1CC(=O)NCC(=O)Nc1ccccc1Br. The highest BCUT2D eigenvalue weighted by atomic mass is 79.9. The minimum Gasteiger partial charge on any atom is -0.347 e. The van der Waals surface area contributed by atoms with E-state index in [9.17, 15) is 9.59 Å². The Morgan fingerprint density at radius 2 is 1.91 bits per heavy atom. The van der Waals surface area contributed by atoms with Crippen molar-refractivity contribution in [3.8, 4) is 0 Å². The molecule has 0 spiro atoms. The number of carbonyl (C=O) groups is 2. The van der Waals surface area contributed by atoms with Gasteiger partial charge in [0, 0.05) is 22.8 Å². The number of amides is 2. The molecule has 1 heterocycles. The van der Waals surface area contributed by atoms with Crippen LogP contribution >= 0.6 is 15.9 Å². The molecule has 0 aliphatic carbocycles. The van der Waals surface area contributed by atoms with Gasteiger partial charge in [0.1, 0.15) is 0 Å². The van der Waals surface area contributed by atoms with Gasteiger partial charge >= 0.3 is 0 Å². The van der Waals surface area contributed by atoms with Crippen LogP contribution in [0.4, 0.5) is 5.69 Å². The lowest BCUT2D eigenvalue weighted by molar-refractivity contribution is -0.123. The number of aryl methyl sites for hydroxylation is 2. The van der Waals surface area contributed by atoms with Crippen molar-refractivity contribution in [1.29, 1.82) is 0 Å². The van der Waals surface area contributed by atoms with E-state index in [-0.39, 0.29) is 24.8 Å². The van der Waals surface area contributed by atoms with E-state index in [0.29, 0.717) is 5.69 Å². The van der Waals surface area contributed by atoms with E-state index in [1.807, 2.05) is 39.1 Å². The molecule has 0 fully saturated rings. The molecule has 23 heavy (non-hydrogen) atoms. The van der Waals surface area contributed by atoms with Gasteiger partial charge in [-0.25, -0.2) is 0 Å². The number of benzene rings is 1. The van der Waals surface area contributed by atoms with Crippen LogP contribution in [-0.2, 0) is 23.1 Å². The predicted molar refractivity (Wildman–Crippen MR) is 92.2 cm³/mol. The maximum Gasteiger partial charge on any atom is 0.243 e. The van der Waals surface area contributed by atoms with Crippen molar-refractivity contribution < 1.29 is 9.59 Å². The zero-order valence-corrected chi connectivity index (χ0v) is 14.9. The number of para-hydroxylation sites is 1. The Balaban J connectivity index is 1.87. The standard InChI is InChI=1S/C16H19BrN4O2/c1-10-12(11(2)21(3)20-10)8-15(22)18-9-16(23)19-14-7-5-4-6-13(14)17/h4-7H,8-9H2,1-3H3,(H,18,22)(H,19,23). The molecule has 6 nitrogen and oxygen atoms in total. The third kappa shape index (κ3) is 4.41. The molecule has 122 valence electrons. The van der Waals surface area contributed by atoms with Crippen molar-refractivity contribution in [1.82, 2.24) is 15.1 Å². The first-order valence-corrected chi connectivity index (χ1v) is 7.98. The van der Waals surface area contributed by atoms with Crippen LogP contribution in [0.25, 0.3) is 0 Å². The van der Waals surface area contributed by atoms with Gasteiger partial charge < -0.3 is 10.6 Å². The maximum atomic E-state index is 12.0. The van der Waals surface area contributed by atoms with Crippen molar-refractivity contribution >= 4 is 33.4 Å². The van der Waals surface area contributed by atoms with E-state index in [1.54, 1.807) is 10.7 Å². The number of halogens is 1. The smallest absolute Gasteiger partial charge is 0.243 e. The van der Waals surface area contributed by atoms with Gasteiger partial charge in [-0.05, 0) is 41.9 Å². The molecule has 0 unspecified atom stereocenters. The summed E-state index contributed by atoms with van der Waals surface area (Å²) in [6.45, 7) is 3.72. The molecule has 1 aromatic heterocycles. The summed E-state index contributed by atoms with van der Waals surface area (Å²) in [4.78, 5) is 23.9. The summed E-state index contributed by atoms with van der Waals surface area (Å²) in [5.41, 5.74) is 3.36. The Bertz CT molecular complexity index is 740. The van der Waals surface area contributed by atoms with Crippen LogP contribution in [-0.4, -0.2) is 28.1 Å². The second kappa shape index (κ2) is 7.41. The normalized spacial score (nSPS) is 10.4. The lowest BCUT2D eigenvalue weighted by atomic mass is 10.1. The van der Waals surface area contributed by atoms with E-state index in [0.717, 1.165) is 21.4 Å². The monoisotopic (exact) mass is 378 g/mol. The van der Waals surface area contributed by atoms with Crippen molar-refractivity contribution in [3.63, 3.8) is 0 Å². The number of aromatic nitrogens is 2. The minimum absolute atomic E-state index is 0.0709. The third-order valence-corrected chi connectivity index (χ3v) is 4.28. The van der Waals surface area contributed by atoms with E-state index in [2.05, 4.69) is 31.7 Å². The number of hydrogen-bond donors (Lipinski definition) is 2. The van der Waals surface area contributed by atoms with Gasteiger partial charge in [0.05, 0.1) is 24.3 Å². The zero-order chi connectivity index (χ0) is 17.0. The van der Waals surface area contributed by atoms with Crippen molar-refractivity contribution in [3.05, 3.63) is 45.7 Å². The number of anilines is 1. The number of carbonyl (C=O) groups excluding carboxylic acids is 2. The van der Waals surface area contributed by atoms with Gasteiger partial charge in [0.15, 0.2) is 0 Å². The predicted octanol–water partition coefficient (Wildman–Crippen LogP) is 2.10. The quantitative estimate of drug-likeness (QED) is 0.836. The highest BCUT2D eigenvalue weighted by Crippen LogP contribution is 2.20. The molecular weight excluding hydrogens is 360 g/mol. The maximum absolute atomic E-state index is 12.0. The van der Waals surface area contributed by atoms with Crippen molar-refractivity contribution in [2.24, 2.45) is 7.05 Å². The summed E-state index contributed by atoms with van der Waals surface area (Å²) in [5.74, 6) is -0.476. The molecule has 2 rings (SSSR count). The zero-order valence-electron chi connectivity index (χ0n) is 13.3. The lowest BCUT2D eigenvalue weighted by Gasteiger charge is -2.08. The first-order valence-electron chi connectivity index (χ1n) is 7.18. The Morgan fingerprint density at radius 1 is 1.22 bits per heavy atom. The number of rotatable bonds is 5. The lowest BCUT2D eigenvalue weighted by Crippen LogP contribution is -2.34. The summed E-state index contributed by atoms with van der Waals surface area (Å²) in [6, 6.07) is 7.31. The van der Waals surface area contributed by atoms with Crippen LogP contribution in [0, 0.1) is 13.8 Å². The number of hydrogen-bond acceptors (Lipinski definition) is 3. The second-order valence-corrected chi connectivity index (χ2v) is 6.11. The molecule has 7 heteroatoms. The van der Waals surface area contributed by atoms with Gasteiger partial charge in [0.25, 0.3) is 0 Å². The van der Waals surface area contributed by atoms with Crippen LogP contribution in [0.1, 0.15) is 17.0 Å². The fourth-order valence-electron chi connectivity index (χ4n) is 2.23. The van der Waals surface area contributed by atoms with Gasteiger partial charge in [-0.3, -0.25) is 14.3 Å². The molecule has 1 aromatic carbocycles. The fraction of sp³-hybridized carbons (Fsp3) is 0.312. The summed E-state index contributed by atoms with van der Waals surface area (Å²) in [6.07, 6.45) is 0.216. The van der Waals surface area contributed by atoms with Gasteiger partial charge in [-0.2, -0.15) is 5.10 Å². The van der Waals surface area contributed by atoms with Crippen molar-refractivity contribution in [2.45, 2.75) is 20.3 Å². The Kier molecular flexibility index (Phi) is 5.54. The molecule has 0 aliphatic heterocycles. The van der Waals surface area contributed by atoms with Crippen LogP contribution in [0.5, 0.6) is 0 Å². The van der Waals surface area contributed by atoms with Crippen LogP contribution < -0.4 is 10.6 Å². The molecular formula is C16H19BrN4O2. The van der Waals surface area contributed by atoms with E-state index >= 15 is 0 Å². The molecule has 2 aromatic rings. The second-order valence-electron chi connectivity index (χ2n) is 5.25. The summed E-state index contributed by atoms with van der Waals surface area (Å²) in [7, 11) is 1.84. The molecule has 0 atom stereocenters. The molecule has 0 saturated heterocycles. The number of nitrogens with zero attached hydrogens (tertiary/aromatic N) is 2. The third-order valence-electron chi connectivity index (χ3n) is 3.59. The molecule has 0 saturated carbocycles. The first-order chi connectivity index (χ1) is 10.9. The Labute approximate surface area is 143 Å². The average molecular weight is 379 g/mol. The van der Waals surface area contributed by atoms with Gasteiger partial charge in [0.2, 0.25) is 11.8 Å².